The number of nitrogens with zero attached hydrogens (tertiary/aromatic N) is 2. The van der Waals surface area contributed by atoms with Crippen molar-refractivity contribution in [3.63, 3.8) is 0 Å². The minimum absolute atomic E-state index is 0.187. The topological polar surface area (TPSA) is 59.0 Å². The SMILES string of the molecule is CC.[B]OC(=C(C#N)c1ccccc1)c1onc(C)c1C. The first-order chi connectivity index (χ1) is 10.2. The lowest BCUT2D eigenvalue weighted by Crippen LogP contribution is -1.95. The molecule has 2 aromatic rings. The van der Waals surface area contributed by atoms with Gasteiger partial charge in [-0.25, -0.2) is 0 Å². The van der Waals surface area contributed by atoms with Gasteiger partial charge in [0, 0.05) is 5.56 Å². The fraction of sp³-hybridized carbons (Fsp3) is 0.250. The smallest absolute Gasteiger partial charge is 0.374 e. The van der Waals surface area contributed by atoms with Crippen LogP contribution in [0.5, 0.6) is 0 Å². The number of nitriles is 1. The summed E-state index contributed by atoms with van der Waals surface area (Å²) in [5, 5.41) is 13.2. The summed E-state index contributed by atoms with van der Waals surface area (Å²) < 4.78 is 10.0. The van der Waals surface area contributed by atoms with Gasteiger partial charge in [0.25, 0.3) is 0 Å². The highest BCUT2D eigenvalue weighted by Gasteiger charge is 2.19. The number of allylic oxidation sites excluding steroid dienone is 1. The average Bonchev–Trinajstić information content (AvgIpc) is 2.87. The molecule has 1 aromatic carbocycles. The van der Waals surface area contributed by atoms with E-state index in [1.54, 1.807) is 12.1 Å². The van der Waals surface area contributed by atoms with Crippen LogP contribution in [-0.4, -0.2) is 13.2 Å². The zero-order chi connectivity index (χ0) is 15.8. The van der Waals surface area contributed by atoms with Gasteiger partial charge in [-0.15, -0.1) is 0 Å². The molecule has 1 heterocycles. The van der Waals surface area contributed by atoms with Gasteiger partial charge in [0.15, 0.2) is 5.76 Å². The Balaban J connectivity index is 0.00000106. The lowest BCUT2D eigenvalue weighted by Gasteiger charge is -2.08. The highest BCUT2D eigenvalue weighted by atomic mass is 16.5. The van der Waals surface area contributed by atoms with E-state index in [0.717, 1.165) is 11.3 Å². The first-order valence-electron chi connectivity index (χ1n) is 6.68. The summed E-state index contributed by atoms with van der Waals surface area (Å²) in [6.07, 6.45) is 0. The van der Waals surface area contributed by atoms with Crippen LogP contribution in [0.25, 0.3) is 11.3 Å². The number of hydrogen-bond donors (Lipinski definition) is 0. The summed E-state index contributed by atoms with van der Waals surface area (Å²) in [5.74, 6) is 0.562. The van der Waals surface area contributed by atoms with E-state index in [9.17, 15) is 5.26 Å². The van der Waals surface area contributed by atoms with Crippen LogP contribution in [0, 0.1) is 25.2 Å². The fourth-order valence-electron chi connectivity index (χ4n) is 1.70. The second-order valence-electron chi connectivity index (χ2n) is 4.02. The summed E-state index contributed by atoms with van der Waals surface area (Å²) >= 11 is 0. The number of hydrogen-bond acceptors (Lipinski definition) is 4. The third kappa shape index (κ3) is 3.54. The standard InChI is InChI=1S/C14H11BN2O2.C2H6/c1-9-10(2)17-19-13(9)14(18-15)12(8-16)11-6-4-3-5-7-11;1-2/h3-7H,1-2H3;1-2H3. The quantitative estimate of drug-likeness (QED) is 0.487. The van der Waals surface area contributed by atoms with Gasteiger partial charge in [-0.3, -0.25) is 0 Å². The van der Waals surface area contributed by atoms with Gasteiger partial charge in [-0.1, -0.05) is 49.3 Å². The van der Waals surface area contributed by atoms with Crippen molar-refractivity contribution in [1.82, 2.24) is 5.16 Å². The first kappa shape index (κ1) is 16.6. The maximum absolute atomic E-state index is 9.33. The number of aryl methyl sites for hydroxylation is 1. The molecule has 0 spiro atoms. The lowest BCUT2D eigenvalue weighted by molar-refractivity contribution is 0.387. The van der Waals surface area contributed by atoms with E-state index in [4.69, 9.17) is 17.2 Å². The van der Waals surface area contributed by atoms with Gasteiger partial charge in [0.05, 0.1) is 5.69 Å². The summed E-state index contributed by atoms with van der Waals surface area (Å²) in [6.45, 7) is 7.64. The molecule has 0 aliphatic rings. The van der Waals surface area contributed by atoms with Crippen molar-refractivity contribution < 1.29 is 9.18 Å². The highest BCUT2D eigenvalue weighted by molar-refractivity contribution is 6.06. The van der Waals surface area contributed by atoms with Crippen molar-refractivity contribution >= 4 is 19.4 Å². The number of benzene rings is 1. The molecule has 0 saturated heterocycles. The minimum Gasteiger partial charge on any atom is -0.564 e. The molecule has 0 atom stereocenters. The molecule has 5 heteroatoms. The molecule has 2 rings (SSSR count). The fourth-order valence-corrected chi connectivity index (χ4v) is 1.70. The van der Waals surface area contributed by atoms with E-state index in [-0.39, 0.29) is 5.76 Å². The molecular formula is C16H17BN2O2. The maximum Gasteiger partial charge on any atom is 0.374 e. The van der Waals surface area contributed by atoms with Crippen LogP contribution >= 0.6 is 0 Å². The maximum atomic E-state index is 9.33. The second kappa shape index (κ2) is 7.96. The van der Waals surface area contributed by atoms with Crippen LogP contribution in [0.1, 0.15) is 36.4 Å². The van der Waals surface area contributed by atoms with Gasteiger partial charge in [0.1, 0.15) is 11.6 Å². The third-order valence-electron chi connectivity index (χ3n) is 2.88. The molecule has 4 nitrogen and oxygen atoms in total. The molecule has 1 aromatic heterocycles. The molecule has 0 bridgehead atoms. The van der Waals surface area contributed by atoms with E-state index in [0.29, 0.717) is 16.9 Å². The number of rotatable bonds is 3. The van der Waals surface area contributed by atoms with E-state index < -0.39 is 0 Å². The Morgan fingerprint density at radius 3 is 2.29 bits per heavy atom. The van der Waals surface area contributed by atoms with Gasteiger partial charge in [0.2, 0.25) is 5.76 Å². The Kier molecular flexibility index (Phi) is 6.28. The van der Waals surface area contributed by atoms with Crippen molar-refractivity contribution in [1.29, 1.82) is 5.26 Å². The normalized spacial score (nSPS) is 10.8. The van der Waals surface area contributed by atoms with Crippen molar-refractivity contribution in [3.8, 4) is 6.07 Å². The highest BCUT2D eigenvalue weighted by Crippen LogP contribution is 2.29. The van der Waals surface area contributed by atoms with E-state index >= 15 is 0 Å². The van der Waals surface area contributed by atoms with Crippen LogP contribution < -0.4 is 0 Å². The van der Waals surface area contributed by atoms with Crippen LogP contribution in [-0.2, 0) is 4.65 Å². The zero-order valence-corrected chi connectivity index (χ0v) is 12.7. The first-order valence-corrected chi connectivity index (χ1v) is 6.68. The Bertz CT molecular complexity index is 655. The van der Waals surface area contributed by atoms with Crippen molar-refractivity contribution in [2.45, 2.75) is 27.7 Å². The summed E-state index contributed by atoms with van der Waals surface area (Å²) in [5.41, 5.74) is 2.54. The monoisotopic (exact) mass is 280 g/mol. The van der Waals surface area contributed by atoms with Crippen molar-refractivity contribution in [3.05, 3.63) is 52.9 Å². The van der Waals surface area contributed by atoms with E-state index in [1.165, 1.54) is 0 Å². The molecule has 106 valence electrons. The molecule has 0 amide bonds. The van der Waals surface area contributed by atoms with Crippen LogP contribution in [0.3, 0.4) is 0 Å². The van der Waals surface area contributed by atoms with Crippen LogP contribution in [0.15, 0.2) is 34.9 Å². The Labute approximate surface area is 126 Å². The average molecular weight is 280 g/mol. The van der Waals surface area contributed by atoms with Gasteiger partial charge >= 0.3 is 8.05 Å². The van der Waals surface area contributed by atoms with Crippen LogP contribution in [0.2, 0.25) is 0 Å². The second-order valence-corrected chi connectivity index (χ2v) is 4.02. The van der Waals surface area contributed by atoms with Crippen molar-refractivity contribution in [2.75, 3.05) is 0 Å². The molecule has 0 saturated carbocycles. The molecule has 0 aliphatic carbocycles. The minimum atomic E-state index is 0.187. The number of aromatic nitrogens is 1. The van der Waals surface area contributed by atoms with E-state index in [1.807, 2.05) is 45.9 Å². The molecular weight excluding hydrogens is 263 g/mol. The predicted octanol–water partition coefficient (Wildman–Crippen LogP) is 3.81. The molecule has 0 aliphatic heterocycles. The van der Waals surface area contributed by atoms with Gasteiger partial charge in [-0.05, 0) is 19.4 Å². The molecule has 0 N–H and O–H groups in total. The Morgan fingerprint density at radius 2 is 1.86 bits per heavy atom. The summed E-state index contributed by atoms with van der Waals surface area (Å²) in [7, 11) is 5.30. The summed E-state index contributed by atoms with van der Waals surface area (Å²) in [4.78, 5) is 0. The van der Waals surface area contributed by atoms with Crippen molar-refractivity contribution in [2.24, 2.45) is 0 Å². The lowest BCUT2D eigenvalue weighted by atomic mass is 10.0. The van der Waals surface area contributed by atoms with Gasteiger partial charge < -0.3 is 9.18 Å². The molecule has 0 fully saturated rings. The zero-order valence-electron chi connectivity index (χ0n) is 12.7. The van der Waals surface area contributed by atoms with E-state index in [2.05, 4.69) is 11.2 Å². The Hall–Kier alpha value is -2.48. The summed E-state index contributed by atoms with van der Waals surface area (Å²) in [6, 6.07) is 11.2. The molecule has 2 radical (unpaired) electrons. The molecule has 0 unspecified atom stereocenters. The molecule has 21 heavy (non-hydrogen) atoms. The third-order valence-corrected chi connectivity index (χ3v) is 2.88. The Morgan fingerprint density at radius 1 is 1.24 bits per heavy atom. The largest absolute Gasteiger partial charge is 0.564 e. The van der Waals surface area contributed by atoms with Crippen LogP contribution in [0.4, 0.5) is 0 Å². The predicted molar refractivity (Wildman–Crippen MR) is 83.0 cm³/mol. The van der Waals surface area contributed by atoms with Gasteiger partial charge in [-0.2, -0.15) is 5.26 Å².